The largest absolute Gasteiger partial charge is 0.357 e. The molecule has 1 fully saturated rings. The van der Waals surface area contributed by atoms with Crippen molar-refractivity contribution in [2.75, 3.05) is 32.7 Å². The van der Waals surface area contributed by atoms with E-state index in [1.54, 1.807) is 0 Å². The molecule has 26 heavy (non-hydrogen) atoms. The molecule has 148 valence electrons. The topological polar surface area (TPSA) is 78.6 Å². The van der Waals surface area contributed by atoms with E-state index in [0.717, 1.165) is 32.0 Å². The third-order valence-electron chi connectivity index (χ3n) is 4.47. The Morgan fingerprint density at radius 2 is 1.88 bits per heavy atom. The molecule has 0 aromatic carbocycles. The van der Waals surface area contributed by atoms with Gasteiger partial charge in [0.25, 0.3) is 0 Å². The fourth-order valence-electron chi connectivity index (χ4n) is 2.98. The minimum absolute atomic E-state index is 0.134. The van der Waals surface area contributed by atoms with E-state index in [2.05, 4.69) is 58.4 Å². The van der Waals surface area contributed by atoms with Crippen molar-refractivity contribution in [3.63, 3.8) is 0 Å². The molecule has 0 radical (unpaired) electrons. The predicted molar refractivity (Wildman–Crippen MR) is 105 cm³/mol. The highest BCUT2D eigenvalue weighted by molar-refractivity contribution is 5.79. The first-order valence-electron chi connectivity index (χ1n) is 10.1. The highest BCUT2D eigenvalue weighted by Gasteiger charge is 2.21. The second-order valence-electron chi connectivity index (χ2n) is 8.00. The van der Waals surface area contributed by atoms with Crippen LogP contribution in [0.25, 0.3) is 0 Å². The van der Waals surface area contributed by atoms with Gasteiger partial charge in [-0.1, -0.05) is 38.8 Å². The summed E-state index contributed by atoms with van der Waals surface area (Å²) >= 11 is 0. The van der Waals surface area contributed by atoms with Gasteiger partial charge in [0.1, 0.15) is 6.54 Å². The lowest BCUT2D eigenvalue weighted by Gasteiger charge is -2.20. The number of aromatic nitrogens is 2. The van der Waals surface area contributed by atoms with Gasteiger partial charge in [0, 0.05) is 18.5 Å². The number of aliphatic imine (C=N–C) groups is 1. The van der Waals surface area contributed by atoms with Crippen LogP contribution in [0.2, 0.25) is 0 Å². The van der Waals surface area contributed by atoms with Gasteiger partial charge >= 0.3 is 0 Å². The van der Waals surface area contributed by atoms with E-state index >= 15 is 0 Å². The zero-order valence-corrected chi connectivity index (χ0v) is 17.0. The Morgan fingerprint density at radius 3 is 2.50 bits per heavy atom. The highest BCUT2D eigenvalue weighted by Crippen LogP contribution is 2.19. The van der Waals surface area contributed by atoms with Crippen LogP contribution in [0.15, 0.2) is 9.52 Å². The normalized spacial score (nSPS) is 17.2. The number of hydrogen-bond acceptors (Lipinski definition) is 5. The zero-order chi connectivity index (χ0) is 18.8. The van der Waals surface area contributed by atoms with Crippen molar-refractivity contribution in [2.24, 2.45) is 4.99 Å². The predicted octanol–water partition coefficient (Wildman–Crippen LogP) is 2.69. The maximum atomic E-state index is 5.32. The number of guanidine groups is 1. The standard InChI is InChI=1S/C19H36N6O/c1-5-20-18(21-11-10-14-25-12-8-6-7-9-13-25)22-15-16-23-17(26-24-16)19(2,3)4/h5-15H2,1-4H3,(H2,20,21,22). The van der Waals surface area contributed by atoms with Crippen molar-refractivity contribution in [1.82, 2.24) is 25.7 Å². The van der Waals surface area contributed by atoms with Crippen LogP contribution in [0.1, 0.15) is 71.5 Å². The van der Waals surface area contributed by atoms with E-state index in [-0.39, 0.29) is 5.41 Å². The Bertz CT molecular complexity index is 540. The lowest BCUT2D eigenvalue weighted by molar-refractivity contribution is 0.282. The van der Waals surface area contributed by atoms with Gasteiger partial charge in [-0.15, -0.1) is 0 Å². The van der Waals surface area contributed by atoms with Crippen LogP contribution in [-0.2, 0) is 12.0 Å². The minimum Gasteiger partial charge on any atom is -0.357 e. The van der Waals surface area contributed by atoms with Crippen molar-refractivity contribution >= 4 is 5.96 Å². The second-order valence-corrected chi connectivity index (χ2v) is 8.00. The number of likely N-dealkylation sites (tertiary alicyclic amines) is 1. The molecule has 0 atom stereocenters. The summed E-state index contributed by atoms with van der Waals surface area (Å²) in [5, 5.41) is 10.7. The number of rotatable bonds is 7. The summed E-state index contributed by atoms with van der Waals surface area (Å²) < 4.78 is 5.32. The lowest BCUT2D eigenvalue weighted by Crippen LogP contribution is -2.39. The van der Waals surface area contributed by atoms with Gasteiger partial charge in [-0.3, -0.25) is 0 Å². The van der Waals surface area contributed by atoms with Gasteiger partial charge in [0.05, 0.1) is 0 Å². The summed E-state index contributed by atoms with van der Waals surface area (Å²) in [4.78, 5) is 11.6. The first-order chi connectivity index (χ1) is 12.5. The number of nitrogens with zero attached hydrogens (tertiary/aromatic N) is 4. The van der Waals surface area contributed by atoms with Crippen molar-refractivity contribution < 1.29 is 4.52 Å². The summed E-state index contributed by atoms with van der Waals surface area (Å²) in [5.74, 6) is 2.08. The molecule has 2 rings (SSSR count). The molecule has 0 spiro atoms. The van der Waals surface area contributed by atoms with Gasteiger partial charge in [0.15, 0.2) is 11.8 Å². The maximum Gasteiger partial charge on any atom is 0.232 e. The van der Waals surface area contributed by atoms with E-state index < -0.39 is 0 Å². The molecule has 7 nitrogen and oxygen atoms in total. The van der Waals surface area contributed by atoms with Gasteiger partial charge in [-0.05, 0) is 45.8 Å². The van der Waals surface area contributed by atoms with Crippen LogP contribution in [0.3, 0.4) is 0 Å². The summed E-state index contributed by atoms with van der Waals surface area (Å²) in [7, 11) is 0. The van der Waals surface area contributed by atoms with Gasteiger partial charge in [-0.2, -0.15) is 4.98 Å². The van der Waals surface area contributed by atoms with E-state index in [0.29, 0.717) is 18.3 Å². The molecule has 0 bridgehead atoms. The first-order valence-corrected chi connectivity index (χ1v) is 10.1. The van der Waals surface area contributed by atoms with E-state index in [9.17, 15) is 0 Å². The molecule has 7 heteroatoms. The Kier molecular flexibility index (Phi) is 8.35. The maximum absolute atomic E-state index is 5.32. The third kappa shape index (κ3) is 7.32. The molecule has 2 N–H and O–H groups in total. The molecule has 1 aromatic heterocycles. The van der Waals surface area contributed by atoms with Crippen LogP contribution in [0, 0.1) is 0 Å². The van der Waals surface area contributed by atoms with Crippen LogP contribution < -0.4 is 10.6 Å². The molecule has 0 saturated carbocycles. The summed E-state index contributed by atoms with van der Waals surface area (Å²) in [5.41, 5.74) is -0.134. The Labute approximate surface area is 158 Å². The van der Waals surface area contributed by atoms with Crippen LogP contribution >= 0.6 is 0 Å². The van der Waals surface area contributed by atoms with E-state index in [1.807, 2.05) is 0 Å². The summed E-state index contributed by atoms with van der Waals surface area (Å²) in [6, 6.07) is 0. The van der Waals surface area contributed by atoms with Crippen molar-refractivity contribution in [1.29, 1.82) is 0 Å². The summed E-state index contributed by atoms with van der Waals surface area (Å²) in [6.45, 7) is 14.1. The van der Waals surface area contributed by atoms with Gasteiger partial charge < -0.3 is 20.1 Å². The van der Waals surface area contributed by atoms with Crippen LogP contribution in [-0.4, -0.2) is 53.7 Å². The monoisotopic (exact) mass is 364 g/mol. The molecule has 0 amide bonds. The molecule has 1 aliphatic rings. The molecule has 2 heterocycles. The van der Waals surface area contributed by atoms with E-state index in [4.69, 9.17) is 4.52 Å². The number of hydrogen-bond donors (Lipinski definition) is 2. The molecular weight excluding hydrogens is 328 g/mol. The van der Waals surface area contributed by atoms with Gasteiger partial charge in [-0.25, -0.2) is 4.99 Å². The molecule has 1 saturated heterocycles. The Morgan fingerprint density at radius 1 is 1.15 bits per heavy atom. The summed E-state index contributed by atoms with van der Waals surface area (Å²) in [6.07, 6.45) is 6.59. The minimum atomic E-state index is -0.134. The third-order valence-corrected chi connectivity index (χ3v) is 4.47. The SMILES string of the molecule is CCNC(=NCc1noc(C(C)(C)C)n1)NCCCN1CCCCCC1. The van der Waals surface area contributed by atoms with Crippen LogP contribution in [0.5, 0.6) is 0 Å². The molecular formula is C19H36N6O. The van der Waals surface area contributed by atoms with Crippen molar-refractivity contribution in [3.05, 3.63) is 11.7 Å². The van der Waals surface area contributed by atoms with Crippen molar-refractivity contribution in [2.45, 2.75) is 71.8 Å². The molecule has 0 unspecified atom stereocenters. The lowest BCUT2D eigenvalue weighted by atomic mass is 9.97. The highest BCUT2D eigenvalue weighted by atomic mass is 16.5. The average Bonchev–Trinajstić information content (AvgIpc) is 2.93. The molecule has 1 aromatic rings. The molecule has 1 aliphatic heterocycles. The first kappa shape index (κ1) is 20.7. The fourth-order valence-corrected chi connectivity index (χ4v) is 2.98. The fraction of sp³-hybridized carbons (Fsp3) is 0.842. The second kappa shape index (κ2) is 10.5. The van der Waals surface area contributed by atoms with Gasteiger partial charge in [0.2, 0.25) is 5.89 Å². The van der Waals surface area contributed by atoms with Crippen molar-refractivity contribution in [3.8, 4) is 0 Å². The quantitative estimate of drug-likeness (QED) is 0.440. The Hall–Kier alpha value is -1.63. The Balaban J connectivity index is 1.76. The zero-order valence-electron chi connectivity index (χ0n) is 17.0. The molecule has 0 aliphatic carbocycles. The smallest absolute Gasteiger partial charge is 0.232 e. The average molecular weight is 365 g/mol. The van der Waals surface area contributed by atoms with E-state index in [1.165, 1.54) is 38.8 Å². The van der Waals surface area contributed by atoms with Crippen LogP contribution in [0.4, 0.5) is 0 Å². The number of nitrogens with one attached hydrogen (secondary N) is 2.